The SMILES string of the molecule is CCOC(=O)C1(N)Cc2cscc2C1.Cl. The van der Waals surface area contributed by atoms with Gasteiger partial charge in [0.1, 0.15) is 5.54 Å². The van der Waals surface area contributed by atoms with E-state index < -0.39 is 5.54 Å². The number of hydrogen-bond donors (Lipinski definition) is 1. The van der Waals surface area contributed by atoms with Crippen molar-refractivity contribution in [2.24, 2.45) is 5.73 Å². The van der Waals surface area contributed by atoms with Gasteiger partial charge in [-0.3, -0.25) is 4.79 Å². The molecule has 5 heteroatoms. The maximum atomic E-state index is 11.6. The van der Waals surface area contributed by atoms with Gasteiger partial charge < -0.3 is 10.5 Å². The average molecular weight is 248 g/mol. The van der Waals surface area contributed by atoms with Gasteiger partial charge in [-0.25, -0.2) is 0 Å². The molecular weight excluding hydrogens is 234 g/mol. The van der Waals surface area contributed by atoms with Gasteiger partial charge in [0.15, 0.2) is 0 Å². The summed E-state index contributed by atoms with van der Waals surface area (Å²) in [7, 11) is 0. The van der Waals surface area contributed by atoms with E-state index >= 15 is 0 Å². The van der Waals surface area contributed by atoms with E-state index in [4.69, 9.17) is 10.5 Å². The van der Waals surface area contributed by atoms with Gasteiger partial charge in [-0.2, -0.15) is 11.3 Å². The molecule has 0 spiro atoms. The van der Waals surface area contributed by atoms with E-state index in [2.05, 4.69) is 10.8 Å². The number of esters is 1. The Labute approximate surface area is 99.0 Å². The Kier molecular flexibility index (Phi) is 3.76. The molecule has 2 rings (SSSR count). The summed E-state index contributed by atoms with van der Waals surface area (Å²) in [5, 5.41) is 4.12. The van der Waals surface area contributed by atoms with Crippen LogP contribution < -0.4 is 5.73 Å². The molecular formula is C10H14ClNO2S. The highest BCUT2D eigenvalue weighted by atomic mass is 35.5. The summed E-state index contributed by atoms with van der Waals surface area (Å²) >= 11 is 1.66. The molecule has 1 aromatic heterocycles. The van der Waals surface area contributed by atoms with Crippen LogP contribution in [0.1, 0.15) is 18.1 Å². The first-order chi connectivity index (χ1) is 6.65. The maximum absolute atomic E-state index is 11.6. The second-order valence-electron chi connectivity index (χ2n) is 3.65. The minimum Gasteiger partial charge on any atom is -0.465 e. The number of hydrogen-bond acceptors (Lipinski definition) is 4. The van der Waals surface area contributed by atoms with Crippen LogP contribution >= 0.6 is 23.7 Å². The van der Waals surface area contributed by atoms with Crippen LogP contribution in [-0.2, 0) is 22.4 Å². The van der Waals surface area contributed by atoms with Crippen LogP contribution in [0.15, 0.2) is 10.8 Å². The van der Waals surface area contributed by atoms with Gasteiger partial charge in [-0.1, -0.05) is 0 Å². The van der Waals surface area contributed by atoms with Gasteiger partial charge in [-0.15, -0.1) is 12.4 Å². The van der Waals surface area contributed by atoms with Crippen LogP contribution in [0.2, 0.25) is 0 Å². The van der Waals surface area contributed by atoms with E-state index in [1.807, 2.05) is 0 Å². The molecule has 1 heterocycles. The van der Waals surface area contributed by atoms with Crippen LogP contribution in [0.25, 0.3) is 0 Å². The summed E-state index contributed by atoms with van der Waals surface area (Å²) in [4.78, 5) is 11.6. The van der Waals surface area contributed by atoms with Crippen LogP contribution in [0.4, 0.5) is 0 Å². The Morgan fingerprint density at radius 1 is 1.53 bits per heavy atom. The molecule has 0 saturated heterocycles. The van der Waals surface area contributed by atoms with Crippen molar-refractivity contribution < 1.29 is 9.53 Å². The first-order valence-corrected chi connectivity index (χ1v) is 5.60. The highest BCUT2D eigenvalue weighted by Gasteiger charge is 2.41. The third-order valence-corrected chi connectivity index (χ3v) is 3.37. The smallest absolute Gasteiger partial charge is 0.326 e. The number of carbonyl (C=O) groups excluding carboxylic acids is 1. The fourth-order valence-electron chi connectivity index (χ4n) is 1.82. The van der Waals surface area contributed by atoms with Crippen molar-refractivity contribution in [3.63, 3.8) is 0 Å². The fraction of sp³-hybridized carbons (Fsp3) is 0.500. The minimum atomic E-state index is -0.811. The lowest BCUT2D eigenvalue weighted by Crippen LogP contribution is -2.50. The van der Waals surface area contributed by atoms with Crippen LogP contribution in [0.3, 0.4) is 0 Å². The molecule has 0 aliphatic heterocycles. The fourth-order valence-corrected chi connectivity index (χ4v) is 2.69. The van der Waals surface area contributed by atoms with Crippen molar-refractivity contribution in [1.82, 2.24) is 0 Å². The van der Waals surface area contributed by atoms with Gasteiger partial charge in [-0.05, 0) is 28.8 Å². The predicted molar refractivity (Wildman–Crippen MR) is 62.5 cm³/mol. The Hall–Kier alpha value is -0.580. The van der Waals surface area contributed by atoms with Gasteiger partial charge in [0.05, 0.1) is 6.61 Å². The average Bonchev–Trinajstić information content (AvgIpc) is 2.63. The van der Waals surface area contributed by atoms with E-state index in [0.29, 0.717) is 19.4 Å². The molecule has 0 radical (unpaired) electrons. The molecule has 84 valence electrons. The molecule has 0 amide bonds. The number of rotatable bonds is 2. The molecule has 0 atom stereocenters. The second-order valence-corrected chi connectivity index (χ2v) is 4.40. The Bertz CT molecular complexity index is 344. The van der Waals surface area contributed by atoms with E-state index in [-0.39, 0.29) is 18.4 Å². The molecule has 0 fully saturated rings. The number of thiophene rings is 1. The molecule has 15 heavy (non-hydrogen) atoms. The molecule has 0 unspecified atom stereocenters. The first-order valence-electron chi connectivity index (χ1n) is 4.66. The first kappa shape index (κ1) is 12.5. The van der Waals surface area contributed by atoms with E-state index in [9.17, 15) is 4.79 Å². The summed E-state index contributed by atoms with van der Waals surface area (Å²) in [5.74, 6) is -0.277. The molecule has 2 N–H and O–H groups in total. The number of ether oxygens (including phenoxy) is 1. The molecule has 0 saturated carbocycles. The van der Waals surface area contributed by atoms with Crippen molar-refractivity contribution in [1.29, 1.82) is 0 Å². The lowest BCUT2D eigenvalue weighted by molar-refractivity contribution is -0.149. The Balaban J connectivity index is 0.00000112. The summed E-state index contributed by atoms with van der Waals surface area (Å²) in [5.41, 5.74) is 7.60. The zero-order valence-electron chi connectivity index (χ0n) is 8.49. The standard InChI is InChI=1S/C10H13NO2S.ClH/c1-2-13-9(12)10(11)3-7-5-14-6-8(7)4-10;/h5-6H,2-4,11H2,1H3;1H. The van der Waals surface area contributed by atoms with Crippen LogP contribution in [-0.4, -0.2) is 18.1 Å². The second kappa shape index (κ2) is 4.51. The van der Waals surface area contributed by atoms with E-state index in [1.165, 1.54) is 11.1 Å². The van der Waals surface area contributed by atoms with Crippen molar-refractivity contribution in [2.75, 3.05) is 6.61 Å². The Morgan fingerprint density at radius 3 is 2.53 bits per heavy atom. The van der Waals surface area contributed by atoms with Gasteiger partial charge in [0.2, 0.25) is 0 Å². The monoisotopic (exact) mass is 247 g/mol. The predicted octanol–water partition coefficient (Wildman–Crippen LogP) is 1.53. The largest absolute Gasteiger partial charge is 0.465 e. The zero-order valence-corrected chi connectivity index (χ0v) is 10.1. The normalized spacial score (nSPS) is 16.7. The van der Waals surface area contributed by atoms with Gasteiger partial charge >= 0.3 is 5.97 Å². The van der Waals surface area contributed by atoms with Crippen molar-refractivity contribution >= 4 is 29.7 Å². The Morgan fingerprint density at radius 2 is 2.07 bits per heavy atom. The minimum absolute atomic E-state index is 0. The van der Waals surface area contributed by atoms with Crippen LogP contribution in [0.5, 0.6) is 0 Å². The third kappa shape index (κ3) is 2.17. The highest BCUT2D eigenvalue weighted by molar-refractivity contribution is 7.08. The summed E-state index contributed by atoms with van der Waals surface area (Å²) in [6.45, 7) is 2.19. The number of nitrogens with two attached hydrogens (primary N) is 1. The zero-order chi connectivity index (χ0) is 10.2. The summed E-state index contributed by atoms with van der Waals surface area (Å²) in [6.07, 6.45) is 1.23. The molecule has 3 nitrogen and oxygen atoms in total. The van der Waals surface area contributed by atoms with Crippen molar-refractivity contribution in [3.8, 4) is 0 Å². The highest BCUT2D eigenvalue weighted by Crippen LogP contribution is 2.31. The van der Waals surface area contributed by atoms with Crippen molar-refractivity contribution in [3.05, 3.63) is 21.9 Å². The maximum Gasteiger partial charge on any atom is 0.326 e. The molecule has 1 aromatic rings. The summed E-state index contributed by atoms with van der Waals surface area (Å²) < 4.78 is 4.97. The van der Waals surface area contributed by atoms with Crippen LogP contribution in [0, 0.1) is 0 Å². The number of carbonyl (C=O) groups is 1. The molecule has 0 aromatic carbocycles. The summed E-state index contributed by atoms with van der Waals surface area (Å²) in [6, 6.07) is 0. The quantitative estimate of drug-likeness (QED) is 0.807. The lowest BCUT2D eigenvalue weighted by Gasteiger charge is -2.20. The molecule has 1 aliphatic rings. The lowest BCUT2D eigenvalue weighted by atomic mass is 9.98. The number of halogens is 1. The van der Waals surface area contributed by atoms with E-state index in [1.54, 1.807) is 18.3 Å². The number of fused-ring (bicyclic) bond motifs is 1. The molecule has 0 bridgehead atoms. The van der Waals surface area contributed by atoms with Gasteiger partial charge in [0, 0.05) is 12.8 Å². The molecule has 1 aliphatic carbocycles. The topological polar surface area (TPSA) is 52.3 Å². The van der Waals surface area contributed by atoms with Crippen molar-refractivity contribution in [2.45, 2.75) is 25.3 Å². The third-order valence-electron chi connectivity index (χ3n) is 2.53. The van der Waals surface area contributed by atoms with E-state index in [0.717, 1.165) is 0 Å². The van der Waals surface area contributed by atoms with Gasteiger partial charge in [0.25, 0.3) is 0 Å².